The van der Waals surface area contributed by atoms with Gasteiger partial charge in [0.15, 0.2) is 11.0 Å². The summed E-state index contributed by atoms with van der Waals surface area (Å²) in [5.41, 5.74) is 2.74. The number of rotatable bonds is 10. The van der Waals surface area contributed by atoms with Crippen molar-refractivity contribution in [3.05, 3.63) is 65.7 Å². The van der Waals surface area contributed by atoms with E-state index in [1.165, 1.54) is 23.9 Å². The first-order valence-corrected chi connectivity index (χ1v) is 12.1. The lowest BCUT2D eigenvalue weighted by Gasteiger charge is -2.15. The van der Waals surface area contributed by atoms with Crippen LogP contribution in [-0.2, 0) is 29.0 Å². The summed E-state index contributed by atoms with van der Waals surface area (Å²) in [6.45, 7) is 3.89. The molecule has 33 heavy (non-hydrogen) atoms. The van der Waals surface area contributed by atoms with E-state index in [4.69, 9.17) is 4.74 Å². The molecule has 0 saturated carbocycles. The topological polar surface area (TPSA) is 81.1 Å². The molecule has 1 aliphatic heterocycles. The van der Waals surface area contributed by atoms with Gasteiger partial charge < -0.3 is 19.9 Å². The first-order valence-electron chi connectivity index (χ1n) is 11.2. The number of halogens is 1. The van der Waals surface area contributed by atoms with Crippen LogP contribution in [0, 0.1) is 5.82 Å². The van der Waals surface area contributed by atoms with Gasteiger partial charge in [-0.1, -0.05) is 36.9 Å². The monoisotopic (exact) mass is 469 g/mol. The number of ether oxygens (including phenoxy) is 1. The van der Waals surface area contributed by atoms with Crippen LogP contribution in [0.1, 0.15) is 31.2 Å². The van der Waals surface area contributed by atoms with Crippen LogP contribution in [0.4, 0.5) is 15.8 Å². The molecule has 0 spiro atoms. The second-order valence-electron chi connectivity index (χ2n) is 7.85. The normalized spacial score (nSPS) is 15.5. The fraction of sp³-hybridized carbons (Fsp3) is 0.375. The van der Waals surface area contributed by atoms with Gasteiger partial charge in [-0.05, 0) is 55.2 Å². The number of para-hydroxylation sites is 1. The molecule has 1 saturated heterocycles. The van der Waals surface area contributed by atoms with E-state index in [2.05, 4.69) is 27.8 Å². The summed E-state index contributed by atoms with van der Waals surface area (Å²) in [6, 6.07) is 14.0. The van der Waals surface area contributed by atoms with E-state index < -0.39 is 0 Å². The number of anilines is 2. The first kappa shape index (κ1) is 23.3. The van der Waals surface area contributed by atoms with Crippen LogP contribution >= 0.6 is 11.8 Å². The van der Waals surface area contributed by atoms with Crippen molar-refractivity contribution in [2.24, 2.45) is 0 Å². The van der Waals surface area contributed by atoms with Crippen LogP contribution in [0.5, 0.6) is 0 Å². The van der Waals surface area contributed by atoms with Crippen molar-refractivity contribution in [1.29, 1.82) is 0 Å². The minimum absolute atomic E-state index is 0.0847. The molecule has 0 radical (unpaired) electrons. The largest absolute Gasteiger partial charge is 0.378 e. The minimum Gasteiger partial charge on any atom is -0.378 e. The number of nitrogens with zero attached hydrogens (tertiary/aromatic N) is 3. The molecular formula is C24H28FN5O2S. The van der Waals surface area contributed by atoms with E-state index in [-0.39, 0.29) is 23.6 Å². The zero-order valence-electron chi connectivity index (χ0n) is 18.6. The Morgan fingerprint density at radius 3 is 2.79 bits per heavy atom. The Kier molecular flexibility index (Phi) is 7.96. The van der Waals surface area contributed by atoms with Crippen molar-refractivity contribution in [2.75, 3.05) is 23.0 Å². The molecule has 1 atom stereocenters. The molecule has 0 aliphatic carbocycles. The third-order valence-electron chi connectivity index (χ3n) is 5.50. The highest BCUT2D eigenvalue weighted by molar-refractivity contribution is 7.99. The van der Waals surface area contributed by atoms with E-state index >= 15 is 0 Å². The van der Waals surface area contributed by atoms with Crippen LogP contribution in [-0.4, -0.2) is 39.1 Å². The van der Waals surface area contributed by atoms with Gasteiger partial charge in [0.05, 0.1) is 24.9 Å². The van der Waals surface area contributed by atoms with Crippen LogP contribution in [0.2, 0.25) is 0 Å². The average Bonchev–Trinajstić information content (AvgIpc) is 3.48. The maximum Gasteiger partial charge on any atom is 0.234 e. The maximum absolute atomic E-state index is 13.2. The molecule has 3 aromatic rings. The van der Waals surface area contributed by atoms with E-state index in [9.17, 15) is 9.18 Å². The number of amides is 1. The first-order chi connectivity index (χ1) is 16.1. The highest BCUT2D eigenvalue weighted by Crippen LogP contribution is 2.23. The summed E-state index contributed by atoms with van der Waals surface area (Å²) >= 11 is 1.36. The molecular weight excluding hydrogens is 441 g/mol. The number of aryl methyl sites for hydroxylation is 1. The second-order valence-corrected chi connectivity index (χ2v) is 8.79. The quantitative estimate of drug-likeness (QED) is 0.426. The van der Waals surface area contributed by atoms with Gasteiger partial charge in [-0.25, -0.2) is 4.39 Å². The van der Waals surface area contributed by atoms with Crippen molar-refractivity contribution >= 4 is 29.0 Å². The SMILES string of the molecule is CCc1ccccc1NC(=O)CSc1nnc(CNc2ccc(F)cc2)n1C[C@H]1CCCO1. The van der Waals surface area contributed by atoms with Gasteiger partial charge in [0.2, 0.25) is 5.91 Å². The molecule has 1 amide bonds. The lowest BCUT2D eigenvalue weighted by Crippen LogP contribution is -2.20. The predicted molar refractivity (Wildman–Crippen MR) is 128 cm³/mol. The lowest BCUT2D eigenvalue weighted by molar-refractivity contribution is -0.113. The summed E-state index contributed by atoms with van der Waals surface area (Å²) in [7, 11) is 0. The Morgan fingerprint density at radius 2 is 2.03 bits per heavy atom. The van der Waals surface area contributed by atoms with Crippen molar-refractivity contribution in [1.82, 2.24) is 14.8 Å². The summed E-state index contributed by atoms with van der Waals surface area (Å²) in [5.74, 6) is 0.612. The summed E-state index contributed by atoms with van der Waals surface area (Å²) < 4.78 is 21.0. The molecule has 174 valence electrons. The van der Waals surface area contributed by atoms with Crippen LogP contribution < -0.4 is 10.6 Å². The van der Waals surface area contributed by atoms with Gasteiger partial charge in [0.1, 0.15) is 5.82 Å². The third kappa shape index (κ3) is 6.33. The van der Waals surface area contributed by atoms with Gasteiger partial charge in [-0.2, -0.15) is 0 Å². The Bertz CT molecular complexity index is 1070. The smallest absolute Gasteiger partial charge is 0.234 e. The summed E-state index contributed by atoms with van der Waals surface area (Å²) in [4.78, 5) is 12.6. The van der Waals surface area contributed by atoms with Crippen molar-refractivity contribution in [2.45, 2.75) is 50.5 Å². The molecule has 7 nitrogen and oxygen atoms in total. The maximum atomic E-state index is 13.2. The van der Waals surface area contributed by atoms with Crippen molar-refractivity contribution in [3.63, 3.8) is 0 Å². The number of thioether (sulfide) groups is 1. The summed E-state index contributed by atoms with van der Waals surface area (Å²) in [6.07, 6.45) is 2.98. The molecule has 1 aromatic heterocycles. The Morgan fingerprint density at radius 1 is 1.21 bits per heavy atom. The predicted octanol–water partition coefficient (Wildman–Crippen LogP) is 4.50. The van der Waals surface area contributed by atoms with Gasteiger partial charge >= 0.3 is 0 Å². The van der Waals surface area contributed by atoms with Crippen LogP contribution in [0.25, 0.3) is 0 Å². The number of hydrogen-bond donors (Lipinski definition) is 2. The lowest BCUT2D eigenvalue weighted by atomic mass is 10.1. The fourth-order valence-corrected chi connectivity index (χ4v) is 4.51. The summed E-state index contributed by atoms with van der Waals surface area (Å²) in [5, 5.41) is 15.6. The van der Waals surface area contributed by atoms with E-state index in [0.717, 1.165) is 48.6 Å². The van der Waals surface area contributed by atoms with Crippen molar-refractivity contribution < 1.29 is 13.9 Å². The number of hydrogen-bond acceptors (Lipinski definition) is 6. The van der Waals surface area contributed by atoms with E-state index in [0.29, 0.717) is 18.2 Å². The van der Waals surface area contributed by atoms with Gasteiger partial charge in [-0.15, -0.1) is 10.2 Å². The van der Waals surface area contributed by atoms with Crippen LogP contribution in [0.15, 0.2) is 53.7 Å². The Labute approximate surface area is 197 Å². The molecule has 1 fully saturated rings. The molecule has 2 heterocycles. The molecule has 2 N–H and O–H groups in total. The molecule has 4 rings (SSSR count). The Hall–Kier alpha value is -2.91. The van der Waals surface area contributed by atoms with Gasteiger partial charge in [0.25, 0.3) is 0 Å². The van der Waals surface area contributed by atoms with Crippen molar-refractivity contribution in [3.8, 4) is 0 Å². The van der Waals surface area contributed by atoms with Gasteiger partial charge in [0, 0.05) is 18.0 Å². The highest BCUT2D eigenvalue weighted by Gasteiger charge is 2.21. The zero-order chi connectivity index (χ0) is 23.0. The van der Waals surface area contributed by atoms with E-state index in [1.807, 2.05) is 28.8 Å². The number of carbonyl (C=O) groups excluding carboxylic acids is 1. The molecule has 1 aliphatic rings. The highest BCUT2D eigenvalue weighted by atomic mass is 32.2. The zero-order valence-corrected chi connectivity index (χ0v) is 19.4. The molecule has 9 heteroatoms. The van der Waals surface area contributed by atoms with Crippen LogP contribution in [0.3, 0.4) is 0 Å². The average molecular weight is 470 g/mol. The molecule has 0 unspecified atom stereocenters. The number of aromatic nitrogens is 3. The molecule has 0 bridgehead atoms. The standard InChI is InChI=1S/C24H28FN5O2S/c1-2-17-6-3-4-8-21(17)27-23(31)16-33-24-29-28-22(30(24)15-20-7-5-13-32-20)14-26-19-11-9-18(25)10-12-19/h3-4,6,8-12,20,26H,2,5,7,13-16H2,1H3,(H,27,31)/t20-/m1/s1. The minimum atomic E-state index is -0.277. The Balaban J connectivity index is 1.42. The third-order valence-corrected chi connectivity index (χ3v) is 6.47. The second kappa shape index (κ2) is 11.3. The molecule has 2 aromatic carbocycles. The van der Waals surface area contributed by atoms with E-state index in [1.54, 1.807) is 12.1 Å². The number of carbonyl (C=O) groups is 1. The number of nitrogens with one attached hydrogen (secondary N) is 2. The van der Waals surface area contributed by atoms with Gasteiger partial charge in [-0.3, -0.25) is 4.79 Å². The number of benzene rings is 2. The fourth-order valence-electron chi connectivity index (χ4n) is 3.75.